The predicted molar refractivity (Wildman–Crippen MR) is 99.4 cm³/mol. The summed E-state index contributed by atoms with van der Waals surface area (Å²) in [5, 5.41) is 5.26. The molecule has 0 fully saturated rings. The monoisotopic (exact) mass is 352 g/mol. The van der Waals surface area contributed by atoms with E-state index >= 15 is 0 Å². The van der Waals surface area contributed by atoms with Crippen LogP contribution in [0.15, 0.2) is 54.2 Å². The number of esters is 1. The van der Waals surface area contributed by atoms with Gasteiger partial charge in [0.25, 0.3) is 5.91 Å². The van der Waals surface area contributed by atoms with Gasteiger partial charge >= 0.3 is 5.97 Å². The molecule has 0 aromatic heterocycles. The van der Waals surface area contributed by atoms with Crippen molar-refractivity contribution in [3.63, 3.8) is 0 Å². The maximum Gasteiger partial charge on any atom is 0.337 e. The Balaban J connectivity index is 2.31. The maximum absolute atomic E-state index is 12.6. The van der Waals surface area contributed by atoms with Crippen LogP contribution in [0.1, 0.15) is 28.4 Å². The zero-order valence-corrected chi connectivity index (χ0v) is 14.8. The van der Waals surface area contributed by atoms with Crippen molar-refractivity contribution in [1.29, 1.82) is 0 Å². The number of hydrogen-bond donors (Lipinski definition) is 2. The second kappa shape index (κ2) is 8.62. The number of amides is 2. The molecule has 0 aliphatic rings. The lowest BCUT2D eigenvalue weighted by Gasteiger charge is -2.12. The predicted octanol–water partition coefficient (Wildman–Crippen LogP) is 2.90. The molecule has 0 saturated heterocycles. The molecular formula is C20H20N2O4. The van der Waals surface area contributed by atoms with E-state index in [1.54, 1.807) is 25.1 Å². The van der Waals surface area contributed by atoms with E-state index in [0.29, 0.717) is 11.3 Å². The number of ether oxygens (including phenoxy) is 1. The van der Waals surface area contributed by atoms with Crippen LogP contribution in [0.3, 0.4) is 0 Å². The Labute approximate surface area is 151 Å². The zero-order chi connectivity index (χ0) is 19.1. The molecule has 0 heterocycles. The fraction of sp³-hybridized carbons (Fsp3) is 0.150. The Bertz CT molecular complexity index is 857. The van der Waals surface area contributed by atoms with Gasteiger partial charge in [0.15, 0.2) is 0 Å². The van der Waals surface area contributed by atoms with Crippen LogP contribution in [-0.2, 0) is 14.3 Å². The molecule has 0 saturated carbocycles. The summed E-state index contributed by atoms with van der Waals surface area (Å²) in [5.41, 5.74) is 2.43. The minimum Gasteiger partial charge on any atom is -0.465 e. The zero-order valence-electron chi connectivity index (χ0n) is 14.8. The van der Waals surface area contributed by atoms with Crippen molar-refractivity contribution in [1.82, 2.24) is 5.32 Å². The molecule has 2 aromatic carbocycles. The van der Waals surface area contributed by atoms with Crippen LogP contribution in [0.4, 0.5) is 5.69 Å². The Morgan fingerprint density at radius 1 is 1.04 bits per heavy atom. The van der Waals surface area contributed by atoms with E-state index in [0.717, 1.165) is 11.1 Å². The summed E-state index contributed by atoms with van der Waals surface area (Å²) in [6.07, 6.45) is 1.58. The van der Waals surface area contributed by atoms with Gasteiger partial charge in [-0.25, -0.2) is 4.79 Å². The summed E-state index contributed by atoms with van der Waals surface area (Å²) >= 11 is 0. The molecule has 134 valence electrons. The molecule has 6 heteroatoms. The highest BCUT2D eigenvalue weighted by Crippen LogP contribution is 2.18. The Kier molecular flexibility index (Phi) is 6.27. The standard InChI is InChI=1S/C20H20N2O4/c1-13-9-10-16(20(25)26-3)12-17(13)22-19(24)18(21-14(2)23)11-15-7-5-4-6-8-15/h4-12H,1-3H3,(H,21,23)(H,22,24)/b18-11-. The third-order valence-electron chi connectivity index (χ3n) is 3.57. The summed E-state index contributed by atoms with van der Waals surface area (Å²) in [7, 11) is 1.29. The van der Waals surface area contributed by atoms with Crippen LogP contribution < -0.4 is 10.6 Å². The molecule has 0 unspecified atom stereocenters. The van der Waals surface area contributed by atoms with Gasteiger partial charge in [-0.2, -0.15) is 0 Å². The van der Waals surface area contributed by atoms with Gasteiger partial charge in [-0.1, -0.05) is 36.4 Å². The van der Waals surface area contributed by atoms with Gasteiger partial charge in [0.05, 0.1) is 12.7 Å². The normalized spacial score (nSPS) is 10.8. The fourth-order valence-corrected chi connectivity index (χ4v) is 2.26. The number of aryl methyl sites for hydroxylation is 1. The lowest BCUT2D eigenvalue weighted by Crippen LogP contribution is -2.29. The highest BCUT2D eigenvalue weighted by atomic mass is 16.5. The van der Waals surface area contributed by atoms with Gasteiger partial charge in [0, 0.05) is 12.6 Å². The number of carbonyl (C=O) groups is 3. The highest BCUT2D eigenvalue weighted by Gasteiger charge is 2.14. The first-order valence-corrected chi connectivity index (χ1v) is 7.95. The minimum atomic E-state index is -0.498. The van der Waals surface area contributed by atoms with Crippen molar-refractivity contribution in [3.05, 3.63) is 70.9 Å². The first-order chi connectivity index (χ1) is 12.4. The van der Waals surface area contributed by atoms with E-state index in [9.17, 15) is 14.4 Å². The number of benzene rings is 2. The van der Waals surface area contributed by atoms with E-state index in [1.807, 2.05) is 30.3 Å². The summed E-state index contributed by atoms with van der Waals surface area (Å²) in [6.45, 7) is 3.13. The van der Waals surface area contributed by atoms with Gasteiger partial charge in [-0.15, -0.1) is 0 Å². The average Bonchev–Trinajstić information content (AvgIpc) is 2.62. The van der Waals surface area contributed by atoms with Crippen molar-refractivity contribution in [3.8, 4) is 0 Å². The molecule has 0 bridgehead atoms. The molecule has 0 aliphatic carbocycles. The number of nitrogens with one attached hydrogen (secondary N) is 2. The van der Waals surface area contributed by atoms with Crippen molar-refractivity contribution in [2.24, 2.45) is 0 Å². The summed E-state index contributed by atoms with van der Waals surface area (Å²) in [4.78, 5) is 35.8. The third-order valence-corrected chi connectivity index (χ3v) is 3.57. The SMILES string of the molecule is COC(=O)c1ccc(C)c(NC(=O)/C(=C/c2ccccc2)NC(C)=O)c1. The van der Waals surface area contributed by atoms with E-state index in [-0.39, 0.29) is 11.6 Å². The van der Waals surface area contributed by atoms with E-state index in [1.165, 1.54) is 20.1 Å². The van der Waals surface area contributed by atoms with Crippen molar-refractivity contribution < 1.29 is 19.1 Å². The lowest BCUT2D eigenvalue weighted by atomic mass is 10.1. The van der Waals surface area contributed by atoms with E-state index in [2.05, 4.69) is 10.6 Å². The minimum absolute atomic E-state index is 0.103. The molecule has 0 spiro atoms. The van der Waals surface area contributed by atoms with Crippen molar-refractivity contribution in [2.75, 3.05) is 12.4 Å². The Hall–Kier alpha value is -3.41. The average molecular weight is 352 g/mol. The first-order valence-electron chi connectivity index (χ1n) is 7.95. The molecule has 0 aliphatic heterocycles. The van der Waals surface area contributed by atoms with Crippen molar-refractivity contribution in [2.45, 2.75) is 13.8 Å². The van der Waals surface area contributed by atoms with Gasteiger partial charge < -0.3 is 15.4 Å². The second-order valence-electron chi connectivity index (χ2n) is 5.63. The van der Waals surface area contributed by atoms with Gasteiger partial charge in [-0.05, 0) is 36.3 Å². The molecule has 2 amide bonds. The third kappa shape index (κ3) is 5.04. The Morgan fingerprint density at radius 3 is 2.35 bits per heavy atom. The second-order valence-corrected chi connectivity index (χ2v) is 5.63. The van der Waals surface area contributed by atoms with Crippen LogP contribution in [0.5, 0.6) is 0 Å². The summed E-state index contributed by atoms with van der Waals surface area (Å²) < 4.78 is 4.70. The maximum atomic E-state index is 12.6. The van der Waals surface area contributed by atoms with Crippen LogP contribution in [0.25, 0.3) is 6.08 Å². The summed E-state index contributed by atoms with van der Waals surface area (Å²) in [5.74, 6) is -1.35. The van der Waals surface area contributed by atoms with Gasteiger partial charge in [-0.3, -0.25) is 9.59 Å². The number of carbonyl (C=O) groups excluding carboxylic acids is 3. The number of anilines is 1. The fourth-order valence-electron chi connectivity index (χ4n) is 2.26. The molecule has 2 N–H and O–H groups in total. The first kappa shape index (κ1) is 18.9. The molecule has 0 radical (unpaired) electrons. The van der Waals surface area contributed by atoms with Gasteiger partial charge in [0.1, 0.15) is 5.70 Å². The van der Waals surface area contributed by atoms with Crippen molar-refractivity contribution >= 4 is 29.5 Å². The van der Waals surface area contributed by atoms with Crippen LogP contribution in [0.2, 0.25) is 0 Å². The summed E-state index contributed by atoms with van der Waals surface area (Å²) in [6, 6.07) is 14.0. The smallest absolute Gasteiger partial charge is 0.337 e. The van der Waals surface area contributed by atoms with E-state index < -0.39 is 11.9 Å². The highest BCUT2D eigenvalue weighted by molar-refractivity contribution is 6.09. The quantitative estimate of drug-likeness (QED) is 0.640. The number of rotatable bonds is 5. The van der Waals surface area contributed by atoms with Crippen LogP contribution >= 0.6 is 0 Å². The van der Waals surface area contributed by atoms with Crippen LogP contribution in [0, 0.1) is 6.92 Å². The van der Waals surface area contributed by atoms with Gasteiger partial charge in [0.2, 0.25) is 5.91 Å². The largest absolute Gasteiger partial charge is 0.465 e. The number of methoxy groups -OCH3 is 1. The van der Waals surface area contributed by atoms with E-state index in [4.69, 9.17) is 4.74 Å². The molecule has 2 aromatic rings. The topological polar surface area (TPSA) is 84.5 Å². The molecule has 6 nitrogen and oxygen atoms in total. The molecular weight excluding hydrogens is 332 g/mol. The van der Waals surface area contributed by atoms with Crippen LogP contribution in [-0.4, -0.2) is 24.9 Å². The molecule has 2 rings (SSSR count). The lowest BCUT2D eigenvalue weighted by molar-refractivity contribution is -0.120. The molecule has 0 atom stereocenters. The Morgan fingerprint density at radius 2 is 1.73 bits per heavy atom. The number of hydrogen-bond acceptors (Lipinski definition) is 4. The molecule has 26 heavy (non-hydrogen) atoms.